The third kappa shape index (κ3) is 3.06. The van der Waals surface area contributed by atoms with E-state index in [1.165, 1.54) is 6.92 Å². The maximum atomic E-state index is 11.7. The van der Waals surface area contributed by atoms with Gasteiger partial charge in [-0.3, -0.25) is 9.59 Å². The summed E-state index contributed by atoms with van der Waals surface area (Å²) in [6, 6.07) is 7.12. The molecule has 1 aliphatic carbocycles. The van der Waals surface area contributed by atoms with Crippen molar-refractivity contribution in [1.29, 1.82) is 0 Å². The number of carbonyl (C=O) groups is 2. The lowest BCUT2D eigenvalue weighted by atomic mass is 10.2. The molecule has 2 N–H and O–H groups in total. The van der Waals surface area contributed by atoms with Crippen molar-refractivity contribution in [2.24, 2.45) is 11.8 Å². The molecule has 2 rings (SSSR count). The van der Waals surface area contributed by atoms with E-state index in [0.29, 0.717) is 5.92 Å². The molecule has 1 saturated carbocycles. The highest BCUT2D eigenvalue weighted by molar-refractivity contribution is 5.95. The summed E-state index contributed by atoms with van der Waals surface area (Å²) in [7, 11) is 0. The molecule has 0 bridgehead atoms. The van der Waals surface area contributed by atoms with Crippen molar-refractivity contribution < 1.29 is 9.59 Å². The van der Waals surface area contributed by atoms with E-state index in [9.17, 15) is 9.59 Å². The molecule has 2 amide bonds. The zero-order chi connectivity index (χ0) is 12.4. The predicted octanol–water partition coefficient (Wildman–Crippen LogP) is 2.24. The lowest BCUT2D eigenvalue weighted by Gasteiger charge is -2.06. The Hall–Kier alpha value is -1.84. The maximum absolute atomic E-state index is 11.7. The molecule has 1 aromatic rings. The molecule has 1 aliphatic rings. The number of nitrogens with one attached hydrogen (secondary N) is 2. The highest BCUT2D eigenvalue weighted by Crippen LogP contribution is 2.38. The van der Waals surface area contributed by atoms with Crippen molar-refractivity contribution in [3.63, 3.8) is 0 Å². The van der Waals surface area contributed by atoms with Gasteiger partial charge in [0.2, 0.25) is 11.8 Å². The van der Waals surface area contributed by atoms with Crippen LogP contribution in [0, 0.1) is 11.8 Å². The molecule has 4 nitrogen and oxygen atoms in total. The minimum absolute atomic E-state index is 0.0878. The molecule has 0 aliphatic heterocycles. The van der Waals surface area contributed by atoms with Gasteiger partial charge in [-0.1, -0.05) is 6.92 Å². The van der Waals surface area contributed by atoms with E-state index < -0.39 is 0 Å². The Balaban J connectivity index is 1.93. The first kappa shape index (κ1) is 11.6. The fourth-order valence-corrected chi connectivity index (χ4v) is 1.76. The number of rotatable bonds is 3. The number of amides is 2. The summed E-state index contributed by atoms with van der Waals surface area (Å²) in [5, 5.41) is 5.54. The van der Waals surface area contributed by atoms with E-state index in [2.05, 4.69) is 17.6 Å². The van der Waals surface area contributed by atoms with E-state index in [0.717, 1.165) is 17.8 Å². The second-order valence-electron chi connectivity index (χ2n) is 4.57. The second kappa shape index (κ2) is 4.57. The summed E-state index contributed by atoms with van der Waals surface area (Å²) in [6.45, 7) is 3.54. The lowest BCUT2D eigenvalue weighted by molar-refractivity contribution is -0.117. The molecular formula is C13H16N2O2. The first-order valence-corrected chi connectivity index (χ1v) is 5.75. The monoisotopic (exact) mass is 232 g/mol. The molecule has 1 fully saturated rings. The number of benzene rings is 1. The Bertz CT molecular complexity index is 439. The van der Waals surface area contributed by atoms with Crippen LogP contribution < -0.4 is 10.6 Å². The molecule has 4 heteroatoms. The van der Waals surface area contributed by atoms with Gasteiger partial charge in [0.05, 0.1) is 0 Å². The fraction of sp³-hybridized carbons (Fsp3) is 0.385. The third-order valence-corrected chi connectivity index (χ3v) is 2.92. The van der Waals surface area contributed by atoms with Crippen LogP contribution >= 0.6 is 0 Å². The second-order valence-corrected chi connectivity index (χ2v) is 4.57. The van der Waals surface area contributed by atoms with Gasteiger partial charge in [-0.25, -0.2) is 0 Å². The number of hydrogen-bond donors (Lipinski definition) is 2. The minimum atomic E-state index is -0.103. The van der Waals surface area contributed by atoms with Crippen LogP contribution in [0.2, 0.25) is 0 Å². The van der Waals surface area contributed by atoms with Crippen LogP contribution in [-0.2, 0) is 9.59 Å². The van der Waals surface area contributed by atoms with Crippen molar-refractivity contribution in [3.8, 4) is 0 Å². The molecule has 2 atom stereocenters. The average molecular weight is 232 g/mol. The van der Waals surface area contributed by atoms with Gasteiger partial charge in [-0.05, 0) is 36.6 Å². The standard InChI is InChI=1S/C13H16N2O2/c1-8-7-12(8)13(17)15-11-5-3-10(4-6-11)14-9(2)16/h3-6,8,12H,7H2,1-2H3,(H,14,16)(H,15,17)/t8-,12+/m1/s1. The van der Waals surface area contributed by atoms with Gasteiger partial charge in [-0.15, -0.1) is 0 Å². The van der Waals surface area contributed by atoms with Crippen LogP contribution in [-0.4, -0.2) is 11.8 Å². The SMILES string of the molecule is CC(=O)Nc1ccc(NC(=O)[C@H]2C[C@H]2C)cc1. The first-order chi connectivity index (χ1) is 8.06. The van der Waals surface area contributed by atoms with Crippen molar-refractivity contribution in [2.45, 2.75) is 20.3 Å². The first-order valence-electron chi connectivity index (χ1n) is 5.75. The molecule has 0 spiro atoms. The average Bonchev–Trinajstić information content (AvgIpc) is 2.98. The van der Waals surface area contributed by atoms with Gasteiger partial charge in [-0.2, -0.15) is 0 Å². The van der Waals surface area contributed by atoms with Crippen LogP contribution in [0.4, 0.5) is 11.4 Å². The quantitative estimate of drug-likeness (QED) is 0.839. The Kier molecular flexibility index (Phi) is 3.13. The fourth-order valence-electron chi connectivity index (χ4n) is 1.76. The summed E-state index contributed by atoms with van der Waals surface area (Å²) in [6.07, 6.45) is 0.982. The van der Waals surface area contributed by atoms with Gasteiger partial charge in [0, 0.05) is 24.2 Å². The van der Waals surface area contributed by atoms with E-state index in [1.54, 1.807) is 24.3 Å². The van der Waals surface area contributed by atoms with Crippen LogP contribution in [0.5, 0.6) is 0 Å². The van der Waals surface area contributed by atoms with Gasteiger partial charge in [0.15, 0.2) is 0 Å². The molecule has 0 unspecified atom stereocenters. The number of carbonyl (C=O) groups excluding carboxylic acids is 2. The summed E-state index contributed by atoms with van der Waals surface area (Å²) in [4.78, 5) is 22.5. The minimum Gasteiger partial charge on any atom is -0.326 e. The highest BCUT2D eigenvalue weighted by atomic mass is 16.2. The zero-order valence-corrected chi connectivity index (χ0v) is 9.99. The molecule has 0 aromatic heterocycles. The summed E-state index contributed by atoms with van der Waals surface area (Å²) >= 11 is 0. The Morgan fingerprint density at radius 1 is 1.12 bits per heavy atom. The largest absolute Gasteiger partial charge is 0.326 e. The molecule has 90 valence electrons. The lowest BCUT2D eigenvalue weighted by Crippen LogP contribution is -2.14. The van der Waals surface area contributed by atoms with Crippen molar-refractivity contribution in [2.75, 3.05) is 10.6 Å². The molecular weight excluding hydrogens is 216 g/mol. The van der Waals surface area contributed by atoms with Gasteiger partial charge < -0.3 is 10.6 Å². The van der Waals surface area contributed by atoms with Crippen LogP contribution in [0.3, 0.4) is 0 Å². The molecule has 0 heterocycles. The van der Waals surface area contributed by atoms with Crippen LogP contribution in [0.1, 0.15) is 20.3 Å². The topological polar surface area (TPSA) is 58.2 Å². The van der Waals surface area contributed by atoms with Gasteiger partial charge in [0.25, 0.3) is 0 Å². The van der Waals surface area contributed by atoms with Crippen molar-refractivity contribution in [3.05, 3.63) is 24.3 Å². The highest BCUT2D eigenvalue weighted by Gasteiger charge is 2.38. The number of hydrogen-bond acceptors (Lipinski definition) is 2. The van der Waals surface area contributed by atoms with Gasteiger partial charge in [0.1, 0.15) is 0 Å². The van der Waals surface area contributed by atoms with E-state index in [1.807, 2.05) is 0 Å². The predicted molar refractivity (Wildman–Crippen MR) is 66.6 cm³/mol. The Morgan fingerprint density at radius 3 is 2.00 bits per heavy atom. The van der Waals surface area contributed by atoms with Crippen LogP contribution in [0.25, 0.3) is 0 Å². The Labute approximate surface area is 100 Å². The van der Waals surface area contributed by atoms with Crippen molar-refractivity contribution >= 4 is 23.2 Å². The zero-order valence-electron chi connectivity index (χ0n) is 9.99. The summed E-state index contributed by atoms with van der Waals surface area (Å²) < 4.78 is 0. The molecule has 0 saturated heterocycles. The van der Waals surface area contributed by atoms with E-state index in [4.69, 9.17) is 0 Å². The number of anilines is 2. The third-order valence-electron chi connectivity index (χ3n) is 2.92. The van der Waals surface area contributed by atoms with E-state index >= 15 is 0 Å². The normalized spacial score (nSPS) is 21.8. The molecule has 17 heavy (non-hydrogen) atoms. The smallest absolute Gasteiger partial charge is 0.227 e. The van der Waals surface area contributed by atoms with Crippen LogP contribution in [0.15, 0.2) is 24.3 Å². The molecule has 0 radical (unpaired) electrons. The molecule has 1 aromatic carbocycles. The Morgan fingerprint density at radius 2 is 1.59 bits per heavy atom. The van der Waals surface area contributed by atoms with E-state index in [-0.39, 0.29) is 17.7 Å². The van der Waals surface area contributed by atoms with Crippen molar-refractivity contribution in [1.82, 2.24) is 0 Å². The maximum Gasteiger partial charge on any atom is 0.227 e. The summed E-state index contributed by atoms with van der Waals surface area (Å²) in [5.41, 5.74) is 1.50. The van der Waals surface area contributed by atoms with Gasteiger partial charge >= 0.3 is 0 Å². The summed E-state index contributed by atoms with van der Waals surface area (Å²) in [5.74, 6) is 0.664.